The second-order valence-electron chi connectivity index (χ2n) is 6.69. The Hall–Kier alpha value is -1.72. The zero-order valence-electron chi connectivity index (χ0n) is 14.6. The molecule has 1 fully saturated rings. The largest absolute Gasteiger partial charge is 0.297 e. The van der Waals surface area contributed by atoms with Gasteiger partial charge in [-0.05, 0) is 17.7 Å². The van der Waals surface area contributed by atoms with Crippen molar-refractivity contribution in [3.05, 3.63) is 76.3 Å². The molecule has 3 nitrogen and oxygen atoms in total. The van der Waals surface area contributed by atoms with Crippen LogP contribution in [-0.4, -0.2) is 41.0 Å². The zero-order chi connectivity index (χ0) is 17.8. The quantitative estimate of drug-likeness (QED) is 0.632. The van der Waals surface area contributed by atoms with E-state index >= 15 is 0 Å². The van der Waals surface area contributed by atoms with Crippen LogP contribution >= 0.6 is 22.9 Å². The Morgan fingerprint density at radius 3 is 2.35 bits per heavy atom. The van der Waals surface area contributed by atoms with Crippen molar-refractivity contribution in [1.82, 2.24) is 14.8 Å². The molecule has 0 saturated carbocycles. The summed E-state index contributed by atoms with van der Waals surface area (Å²) in [5, 5.41) is 4.12. The van der Waals surface area contributed by atoms with Crippen LogP contribution in [0.15, 0.2) is 60.0 Å². The molecule has 0 aliphatic carbocycles. The molecule has 0 bridgehead atoms. The molecular weight excluding hydrogens is 362 g/mol. The first kappa shape index (κ1) is 17.7. The summed E-state index contributed by atoms with van der Waals surface area (Å²) in [5.41, 5.74) is 3.67. The Bertz CT molecular complexity index is 841. The van der Waals surface area contributed by atoms with E-state index in [1.807, 2.05) is 18.2 Å². The van der Waals surface area contributed by atoms with Gasteiger partial charge in [0.1, 0.15) is 5.01 Å². The van der Waals surface area contributed by atoms with Gasteiger partial charge in [-0.1, -0.05) is 54.1 Å². The maximum absolute atomic E-state index is 6.09. The van der Waals surface area contributed by atoms with Crippen molar-refractivity contribution in [1.29, 1.82) is 0 Å². The van der Waals surface area contributed by atoms with Crippen molar-refractivity contribution in [2.45, 2.75) is 13.1 Å². The number of halogens is 1. The van der Waals surface area contributed by atoms with E-state index < -0.39 is 0 Å². The lowest BCUT2D eigenvalue weighted by Gasteiger charge is -2.34. The van der Waals surface area contributed by atoms with Crippen LogP contribution in [0.1, 0.15) is 11.3 Å². The first-order chi connectivity index (χ1) is 12.8. The third kappa shape index (κ3) is 4.51. The van der Waals surface area contributed by atoms with Gasteiger partial charge in [0, 0.05) is 55.2 Å². The number of hydrogen-bond donors (Lipinski definition) is 0. The Kier molecular flexibility index (Phi) is 5.65. The molecule has 0 amide bonds. The van der Waals surface area contributed by atoms with Crippen molar-refractivity contribution < 1.29 is 0 Å². The molecule has 0 radical (unpaired) electrons. The van der Waals surface area contributed by atoms with E-state index in [-0.39, 0.29) is 0 Å². The van der Waals surface area contributed by atoms with Gasteiger partial charge < -0.3 is 0 Å². The van der Waals surface area contributed by atoms with Crippen LogP contribution < -0.4 is 0 Å². The normalized spacial score (nSPS) is 16.0. The summed E-state index contributed by atoms with van der Waals surface area (Å²) in [6.07, 6.45) is 0. The minimum atomic E-state index is 0.818. The van der Waals surface area contributed by atoms with Crippen LogP contribution in [0.25, 0.3) is 10.6 Å². The lowest BCUT2D eigenvalue weighted by molar-refractivity contribution is 0.121. The molecule has 2 heterocycles. The van der Waals surface area contributed by atoms with Gasteiger partial charge in [0.2, 0.25) is 0 Å². The van der Waals surface area contributed by atoms with Gasteiger partial charge >= 0.3 is 0 Å². The molecule has 4 rings (SSSR count). The number of nitrogens with zero attached hydrogens (tertiary/aromatic N) is 3. The molecule has 134 valence electrons. The molecule has 26 heavy (non-hydrogen) atoms. The minimum Gasteiger partial charge on any atom is -0.297 e. The fourth-order valence-electron chi connectivity index (χ4n) is 3.32. The number of hydrogen-bond acceptors (Lipinski definition) is 4. The molecule has 1 aliphatic rings. The summed E-state index contributed by atoms with van der Waals surface area (Å²) in [7, 11) is 0. The second-order valence-corrected chi connectivity index (χ2v) is 7.99. The highest BCUT2D eigenvalue weighted by molar-refractivity contribution is 7.13. The molecule has 1 saturated heterocycles. The summed E-state index contributed by atoms with van der Waals surface area (Å²) in [5.74, 6) is 0. The molecule has 5 heteroatoms. The lowest BCUT2D eigenvalue weighted by atomic mass is 10.2. The average Bonchev–Trinajstić information content (AvgIpc) is 3.13. The third-order valence-corrected chi connectivity index (χ3v) is 5.89. The Labute approximate surface area is 163 Å². The van der Waals surface area contributed by atoms with E-state index in [9.17, 15) is 0 Å². The van der Waals surface area contributed by atoms with Gasteiger partial charge in [0.15, 0.2) is 0 Å². The lowest BCUT2D eigenvalue weighted by Crippen LogP contribution is -2.45. The van der Waals surface area contributed by atoms with E-state index in [1.165, 1.54) is 16.8 Å². The summed E-state index contributed by atoms with van der Waals surface area (Å²) in [6, 6.07) is 18.6. The highest BCUT2D eigenvalue weighted by Crippen LogP contribution is 2.24. The van der Waals surface area contributed by atoms with Crippen molar-refractivity contribution in [3.63, 3.8) is 0 Å². The molecule has 0 N–H and O–H groups in total. The highest BCUT2D eigenvalue weighted by atomic mass is 35.5. The second kappa shape index (κ2) is 8.31. The van der Waals surface area contributed by atoms with Crippen LogP contribution in [0, 0.1) is 0 Å². The van der Waals surface area contributed by atoms with Crippen molar-refractivity contribution in [2.75, 3.05) is 26.2 Å². The SMILES string of the molecule is Clc1cccc(CN2CCN(Cc3csc(-c4ccccc4)n3)CC2)c1. The van der Waals surface area contributed by atoms with Gasteiger partial charge in [-0.15, -0.1) is 11.3 Å². The fourth-order valence-corrected chi connectivity index (χ4v) is 4.35. The summed E-state index contributed by atoms with van der Waals surface area (Å²) >= 11 is 7.82. The van der Waals surface area contributed by atoms with Gasteiger partial charge in [-0.3, -0.25) is 9.80 Å². The predicted octanol–water partition coefficient (Wildman–Crippen LogP) is 4.78. The van der Waals surface area contributed by atoms with Crippen molar-refractivity contribution >= 4 is 22.9 Å². The zero-order valence-corrected chi connectivity index (χ0v) is 16.2. The van der Waals surface area contributed by atoms with Crippen LogP contribution in [0.3, 0.4) is 0 Å². The number of thiazole rings is 1. The molecular formula is C21H22ClN3S. The van der Waals surface area contributed by atoms with E-state index in [0.29, 0.717) is 0 Å². The third-order valence-electron chi connectivity index (χ3n) is 4.72. The Balaban J connectivity index is 1.29. The van der Waals surface area contributed by atoms with E-state index in [0.717, 1.165) is 49.3 Å². The topological polar surface area (TPSA) is 19.4 Å². The van der Waals surface area contributed by atoms with Gasteiger partial charge in [-0.2, -0.15) is 0 Å². The van der Waals surface area contributed by atoms with E-state index in [2.05, 4.69) is 51.6 Å². The molecule has 0 spiro atoms. The summed E-state index contributed by atoms with van der Waals surface area (Å²) < 4.78 is 0. The molecule has 0 atom stereocenters. The maximum Gasteiger partial charge on any atom is 0.123 e. The average molecular weight is 384 g/mol. The molecule has 0 unspecified atom stereocenters. The van der Waals surface area contributed by atoms with Crippen LogP contribution in [-0.2, 0) is 13.1 Å². The molecule has 1 aliphatic heterocycles. The van der Waals surface area contributed by atoms with E-state index in [1.54, 1.807) is 11.3 Å². The van der Waals surface area contributed by atoms with Crippen molar-refractivity contribution in [3.8, 4) is 10.6 Å². The standard InChI is InChI=1S/C21H22ClN3S/c22-19-8-4-5-17(13-19)14-24-9-11-25(12-10-24)15-20-16-26-21(23-20)18-6-2-1-3-7-18/h1-8,13,16H,9-12,14-15H2. The maximum atomic E-state index is 6.09. The van der Waals surface area contributed by atoms with Crippen LogP contribution in [0.2, 0.25) is 5.02 Å². The molecule has 2 aromatic carbocycles. The Morgan fingerprint density at radius 1 is 0.885 bits per heavy atom. The minimum absolute atomic E-state index is 0.818. The number of rotatable bonds is 5. The highest BCUT2D eigenvalue weighted by Gasteiger charge is 2.18. The summed E-state index contributed by atoms with van der Waals surface area (Å²) in [4.78, 5) is 9.82. The van der Waals surface area contributed by atoms with Crippen LogP contribution in [0.5, 0.6) is 0 Å². The molecule has 1 aromatic heterocycles. The summed E-state index contributed by atoms with van der Waals surface area (Å²) in [6.45, 7) is 6.25. The van der Waals surface area contributed by atoms with Gasteiger partial charge in [0.05, 0.1) is 5.69 Å². The number of aromatic nitrogens is 1. The van der Waals surface area contributed by atoms with Crippen LogP contribution in [0.4, 0.5) is 0 Å². The predicted molar refractivity (Wildman–Crippen MR) is 110 cm³/mol. The number of piperazine rings is 1. The first-order valence-electron chi connectivity index (χ1n) is 8.95. The van der Waals surface area contributed by atoms with E-state index in [4.69, 9.17) is 16.6 Å². The monoisotopic (exact) mass is 383 g/mol. The van der Waals surface area contributed by atoms with Gasteiger partial charge in [-0.25, -0.2) is 4.98 Å². The number of benzene rings is 2. The molecule has 3 aromatic rings. The van der Waals surface area contributed by atoms with Gasteiger partial charge in [0.25, 0.3) is 0 Å². The smallest absolute Gasteiger partial charge is 0.123 e. The first-order valence-corrected chi connectivity index (χ1v) is 10.2. The van der Waals surface area contributed by atoms with Crippen molar-refractivity contribution in [2.24, 2.45) is 0 Å². The Morgan fingerprint density at radius 2 is 1.62 bits per heavy atom. The fraction of sp³-hybridized carbons (Fsp3) is 0.286.